The van der Waals surface area contributed by atoms with Gasteiger partial charge >= 0.3 is 0 Å². The molecule has 1 aliphatic heterocycles. The molecule has 66 valence electrons. The van der Waals surface area contributed by atoms with Crippen LogP contribution < -0.4 is 5.73 Å². The quantitative estimate of drug-likeness (QED) is 0.685. The molecule has 1 fully saturated rings. The number of hydrogen-bond donors (Lipinski definition) is 1. The average molecular weight is 174 g/mol. The third-order valence-electron chi connectivity index (χ3n) is 2.19. The van der Waals surface area contributed by atoms with E-state index < -0.39 is 0 Å². The zero-order chi connectivity index (χ0) is 8.32. The van der Waals surface area contributed by atoms with Crippen molar-refractivity contribution in [3.63, 3.8) is 0 Å². The van der Waals surface area contributed by atoms with Crippen LogP contribution in [0.2, 0.25) is 0 Å². The monoisotopic (exact) mass is 174 g/mol. The van der Waals surface area contributed by atoms with Gasteiger partial charge in [-0.05, 0) is 39.2 Å². The Bertz CT molecular complexity index is 119. The first-order chi connectivity index (χ1) is 5.12. The van der Waals surface area contributed by atoms with Crippen molar-refractivity contribution in [1.82, 2.24) is 4.90 Å². The minimum absolute atomic E-state index is 0.148. The van der Waals surface area contributed by atoms with E-state index in [0.29, 0.717) is 0 Å². The predicted molar refractivity (Wildman–Crippen MR) is 52.0 cm³/mol. The molecule has 2 N–H and O–H groups in total. The van der Waals surface area contributed by atoms with Gasteiger partial charge in [-0.1, -0.05) is 0 Å². The average Bonchev–Trinajstić information content (AvgIpc) is 2.33. The first-order valence-electron chi connectivity index (χ1n) is 4.14. The lowest BCUT2D eigenvalue weighted by Crippen LogP contribution is -2.42. The van der Waals surface area contributed by atoms with Crippen molar-refractivity contribution in [3.05, 3.63) is 0 Å². The Morgan fingerprint density at radius 2 is 2.27 bits per heavy atom. The summed E-state index contributed by atoms with van der Waals surface area (Å²) < 4.78 is 0. The Morgan fingerprint density at radius 3 is 2.73 bits per heavy atom. The van der Waals surface area contributed by atoms with Gasteiger partial charge in [0.15, 0.2) is 0 Å². The van der Waals surface area contributed by atoms with Crippen molar-refractivity contribution >= 4 is 11.8 Å². The van der Waals surface area contributed by atoms with Gasteiger partial charge in [-0.25, -0.2) is 0 Å². The first-order valence-corrected chi connectivity index (χ1v) is 5.29. The van der Waals surface area contributed by atoms with Crippen molar-refractivity contribution in [2.75, 3.05) is 32.1 Å². The van der Waals surface area contributed by atoms with E-state index in [-0.39, 0.29) is 5.54 Å². The van der Waals surface area contributed by atoms with E-state index in [1.165, 1.54) is 12.2 Å². The third kappa shape index (κ3) is 3.01. The molecule has 1 atom stereocenters. The fourth-order valence-corrected chi connectivity index (χ4v) is 2.66. The molecule has 1 saturated heterocycles. The Labute approximate surface area is 73.5 Å². The predicted octanol–water partition coefficient (Wildman–Crippen LogP) is 0.773. The molecule has 0 bridgehead atoms. The normalized spacial score (nSPS) is 31.6. The van der Waals surface area contributed by atoms with Gasteiger partial charge in [0.25, 0.3) is 0 Å². The fraction of sp³-hybridized carbons (Fsp3) is 1.00. The van der Waals surface area contributed by atoms with Crippen LogP contribution in [0.1, 0.15) is 12.8 Å². The summed E-state index contributed by atoms with van der Waals surface area (Å²) in [7, 11) is 4.21. The van der Waals surface area contributed by atoms with E-state index in [9.17, 15) is 0 Å². The molecule has 11 heavy (non-hydrogen) atoms. The molecule has 1 aliphatic rings. The molecule has 1 heterocycles. The zero-order valence-electron chi connectivity index (χ0n) is 7.47. The summed E-state index contributed by atoms with van der Waals surface area (Å²) >= 11 is 1.99. The summed E-state index contributed by atoms with van der Waals surface area (Å²) in [4.78, 5) is 2.21. The number of thioether (sulfide) groups is 1. The smallest absolute Gasteiger partial charge is 0.0266 e. The highest BCUT2D eigenvalue weighted by molar-refractivity contribution is 7.99. The van der Waals surface area contributed by atoms with Crippen LogP contribution in [0.3, 0.4) is 0 Å². The summed E-state index contributed by atoms with van der Waals surface area (Å²) in [6.45, 7) is 1.12. The molecule has 0 aromatic heterocycles. The number of hydrogen-bond acceptors (Lipinski definition) is 3. The second-order valence-electron chi connectivity index (χ2n) is 3.72. The maximum atomic E-state index is 6.16. The molecule has 3 heteroatoms. The summed E-state index contributed by atoms with van der Waals surface area (Å²) in [5, 5.41) is 0. The molecule has 0 aliphatic carbocycles. The van der Waals surface area contributed by atoms with Gasteiger partial charge < -0.3 is 10.6 Å². The molecule has 0 radical (unpaired) electrons. The van der Waals surface area contributed by atoms with Crippen LogP contribution in [0.4, 0.5) is 0 Å². The number of rotatable bonds is 3. The maximum Gasteiger partial charge on any atom is 0.0266 e. The Kier molecular flexibility index (Phi) is 3.22. The van der Waals surface area contributed by atoms with Gasteiger partial charge in [0, 0.05) is 11.3 Å². The van der Waals surface area contributed by atoms with E-state index in [2.05, 4.69) is 19.0 Å². The molecule has 0 aromatic rings. The Hall–Kier alpha value is 0.270. The van der Waals surface area contributed by atoms with E-state index in [1.807, 2.05) is 11.8 Å². The lowest BCUT2D eigenvalue weighted by Gasteiger charge is -2.24. The van der Waals surface area contributed by atoms with Crippen LogP contribution >= 0.6 is 11.8 Å². The van der Waals surface area contributed by atoms with Gasteiger partial charge in [0.05, 0.1) is 0 Å². The Morgan fingerprint density at radius 1 is 1.55 bits per heavy atom. The lowest BCUT2D eigenvalue weighted by atomic mass is 9.96. The first kappa shape index (κ1) is 9.36. The summed E-state index contributed by atoms with van der Waals surface area (Å²) in [6.07, 6.45) is 2.35. The fourth-order valence-electron chi connectivity index (χ4n) is 1.27. The highest BCUT2D eigenvalue weighted by Crippen LogP contribution is 2.28. The number of nitrogens with two attached hydrogens (primary N) is 1. The molecule has 1 unspecified atom stereocenters. The summed E-state index contributed by atoms with van der Waals surface area (Å²) in [5.74, 6) is 2.41. The largest absolute Gasteiger partial charge is 0.324 e. The second-order valence-corrected chi connectivity index (χ2v) is 4.82. The van der Waals surface area contributed by atoms with Crippen LogP contribution in [0, 0.1) is 0 Å². The van der Waals surface area contributed by atoms with Crippen LogP contribution in [0.5, 0.6) is 0 Å². The van der Waals surface area contributed by atoms with Crippen LogP contribution in [-0.2, 0) is 0 Å². The van der Waals surface area contributed by atoms with E-state index in [1.54, 1.807) is 0 Å². The van der Waals surface area contributed by atoms with Crippen molar-refractivity contribution < 1.29 is 0 Å². The summed E-state index contributed by atoms with van der Waals surface area (Å²) in [6, 6.07) is 0. The second kappa shape index (κ2) is 3.78. The van der Waals surface area contributed by atoms with Crippen LogP contribution in [0.25, 0.3) is 0 Å². The highest BCUT2D eigenvalue weighted by Gasteiger charge is 2.29. The highest BCUT2D eigenvalue weighted by atomic mass is 32.2. The summed E-state index contributed by atoms with van der Waals surface area (Å²) in [5.41, 5.74) is 6.31. The van der Waals surface area contributed by atoms with Crippen molar-refractivity contribution in [2.24, 2.45) is 5.73 Å². The van der Waals surface area contributed by atoms with Crippen molar-refractivity contribution in [3.8, 4) is 0 Å². The third-order valence-corrected chi connectivity index (χ3v) is 3.46. The minimum Gasteiger partial charge on any atom is -0.324 e. The van der Waals surface area contributed by atoms with Crippen LogP contribution in [-0.4, -0.2) is 42.6 Å². The van der Waals surface area contributed by atoms with Crippen molar-refractivity contribution in [1.29, 1.82) is 0 Å². The van der Waals surface area contributed by atoms with Gasteiger partial charge in [-0.3, -0.25) is 0 Å². The molecule has 0 aromatic carbocycles. The van der Waals surface area contributed by atoms with Gasteiger partial charge in [-0.2, -0.15) is 11.8 Å². The maximum absolute atomic E-state index is 6.16. The molecular formula is C8H18N2S. The molecular weight excluding hydrogens is 156 g/mol. The molecule has 2 nitrogen and oxygen atoms in total. The zero-order valence-corrected chi connectivity index (χ0v) is 8.28. The minimum atomic E-state index is 0.148. The Balaban J connectivity index is 2.23. The van der Waals surface area contributed by atoms with Crippen LogP contribution in [0.15, 0.2) is 0 Å². The number of nitrogens with zero attached hydrogens (tertiary/aromatic N) is 1. The molecule has 1 rings (SSSR count). The lowest BCUT2D eigenvalue weighted by molar-refractivity contribution is 0.333. The van der Waals surface area contributed by atoms with Gasteiger partial charge in [0.1, 0.15) is 0 Å². The molecule has 0 saturated carbocycles. The molecule has 0 amide bonds. The molecule has 0 spiro atoms. The van der Waals surface area contributed by atoms with E-state index in [0.717, 1.165) is 18.7 Å². The topological polar surface area (TPSA) is 29.3 Å². The van der Waals surface area contributed by atoms with Crippen molar-refractivity contribution in [2.45, 2.75) is 18.4 Å². The van der Waals surface area contributed by atoms with E-state index >= 15 is 0 Å². The van der Waals surface area contributed by atoms with E-state index in [4.69, 9.17) is 5.73 Å². The van der Waals surface area contributed by atoms with Gasteiger partial charge in [-0.15, -0.1) is 0 Å². The van der Waals surface area contributed by atoms with Gasteiger partial charge in [0.2, 0.25) is 0 Å². The SMILES string of the molecule is CN(C)CCC1(N)CCSC1. The standard InChI is InChI=1S/C8H18N2S/c1-10(2)5-3-8(9)4-6-11-7-8/h3-7,9H2,1-2H3.